The molecule has 1 aromatic carbocycles. The number of benzene rings is 1. The van der Waals surface area contributed by atoms with Crippen LogP contribution in [-0.2, 0) is 13.6 Å². The summed E-state index contributed by atoms with van der Waals surface area (Å²) in [6.07, 6.45) is 11.9. The summed E-state index contributed by atoms with van der Waals surface area (Å²) in [4.78, 5) is 31.7. The zero-order chi connectivity index (χ0) is 25.8. The predicted octanol–water partition coefficient (Wildman–Crippen LogP) is 4.88. The van der Waals surface area contributed by atoms with Gasteiger partial charge in [0.2, 0.25) is 0 Å². The second-order valence-electron chi connectivity index (χ2n) is 9.30. The molecule has 0 saturated heterocycles. The fourth-order valence-electron chi connectivity index (χ4n) is 4.22. The van der Waals surface area contributed by atoms with Crippen LogP contribution in [0, 0.1) is 0 Å². The first-order valence-corrected chi connectivity index (χ1v) is 14.2. The van der Waals surface area contributed by atoms with Crippen molar-refractivity contribution in [1.29, 1.82) is 0 Å². The van der Waals surface area contributed by atoms with Gasteiger partial charge >= 0.3 is 5.69 Å². The summed E-state index contributed by atoms with van der Waals surface area (Å²) in [7, 11) is 1.59. The molecule has 2 N–H and O–H groups in total. The lowest BCUT2D eigenvalue weighted by Gasteiger charge is -2.15. The Kier molecular flexibility index (Phi) is 11.6. The van der Waals surface area contributed by atoms with Crippen molar-refractivity contribution in [1.82, 2.24) is 19.1 Å². The molecule has 2 aromatic heterocycles. The van der Waals surface area contributed by atoms with Crippen molar-refractivity contribution in [2.24, 2.45) is 7.05 Å². The number of para-hydroxylation sites is 1. The van der Waals surface area contributed by atoms with Crippen LogP contribution in [0.2, 0.25) is 0 Å². The van der Waals surface area contributed by atoms with E-state index in [1.165, 1.54) is 55.9 Å². The Hall–Kier alpha value is -2.52. The third-order valence-corrected chi connectivity index (χ3v) is 7.34. The molecule has 0 radical (unpaired) electrons. The zero-order valence-electron chi connectivity index (χ0n) is 21.6. The van der Waals surface area contributed by atoms with E-state index in [2.05, 4.69) is 16.9 Å². The molecule has 36 heavy (non-hydrogen) atoms. The summed E-state index contributed by atoms with van der Waals surface area (Å²) in [5.74, 6) is 1.53. The van der Waals surface area contributed by atoms with E-state index >= 15 is 0 Å². The molecule has 8 nitrogen and oxygen atoms in total. The summed E-state index contributed by atoms with van der Waals surface area (Å²) in [6, 6.07) is 9.29. The number of aliphatic hydroxyl groups excluding tert-OH is 1. The average Bonchev–Trinajstić information content (AvgIpc) is 3.24. The number of ether oxygens (including phenoxy) is 1. The molecule has 0 saturated carbocycles. The van der Waals surface area contributed by atoms with Crippen molar-refractivity contribution in [3.8, 4) is 5.75 Å². The molecule has 1 atom stereocenters. The molecule has 0 aliphatic carbocycles. The number of hydrogen-bond acceptors (Lipinski definition) is 6. The van der Waals surface area contributed by atoms with Crippen molar-refractivity contribution in [2.75, 3.05) is 12.4 Å². The van der Waals surface area contributed by atoms with Crippen molar-refractivity contribution in [3.63, 3.8) is 0 Å². The quantitative estimate of drug-likeness (QED) is 0.196. The van der Waals surface area contributed by atoms with Crippen LogP contribution in [0.4, 0.5) is 0 Å². The highest BCUT2D eigenvalue weighted by atomic mass is 32.2. The Bertz CT molecular complexity index is 1170. The first kappa shape index (κ1) is 28.1. The monoisotopic (exact) mass is 516 g/mol. The maximum absolute atomic E-state index is 12.7. The molecule has 3 aromatic rings. The molecule has 1 unspecified atom stereocenters. The molecule has 2 heterocycles. The molecular formula is C27H40N4O4S. The fraction of sp³-hybridized carbons (Fsp3) is 0.593. The molecule has 0 fully saturated rings. The Labute approximate surface area is 217 Å². The SMILES string of the molecule is CCCCCCCCCCCCSc1nc2c(c(=O)[nH]c(=O)n2C)n1CC(O)COc1ccccc1. The molecule has 9 heteroatoms. The van der Waals surface area contributed by atoms with E-state index in [-0.39, 0.29) is 13.2 Å². The van der Waals surface area contributed by atoms with Gasteiger partial charge in [0.15, 0.2) is 16.3 Å². The minimum absolute atomic E-state index is 0.0793. The standard InChI is InChI=1S/C27H40N4O4S/c1-3-4-5-6-7-8-9-10-11-15-18-36-27-28-24-23(25(33)29-26(34)30(24)2)31(27)19-21(32)20-35-22-16-13-12-14-17-22/h12-14,16-17,21,32H,3-11,15,18-20H2,1-2H3,(H,29,33,34). The number of thioether (sulfide) groups is 1. The summed E-state index contributed by atoms with van der Waals surface area (Å²) >= 11 is 1.56. The molecule has 3 rings (SSSR count). The van der Waals surface area contributed by atoms with E-state index in [4.69, 9.17) is 4.74 Å². The lowest BCUT2D eigenvalue weighted by Crippen LogP contribution is -2.30. The Morgan fingerprint density at radius 1 is 1.00 bits per heavy atom. The normalized spacial score (nSPS) is 12.3. The number of unbranched alkanes of at least 4 members (excludes halogenated alkanes) is 9. The summed E-state index contributed by atoms with van der Waals surface area (Å²) in [5.41, 5.74) is -0.383. The Morgan fingerprint density at radius 2 is 1.64 bits per heavy atom. The number of hydrogen-bond donors (Lipinski definition) is 2. The minimum Gasteiger partial charge on any atom is -0.491 e. The maximum atomic E-state index is 12.7. The van der Waals surface area contributed by atoms with Gasteiger partial charge in [-0.3, -0.25) is 14.3 Å². The first-order chi connectivity index (χ1) is 17.5. The van der Waals surface area contributed by atoms with Gasteiger partial charge in [0.1, 0.15) is 18.5 Å². The van der Waals surface area contributed by atoms with E-state index in [1.807, 2.05) is 30.3 Å². The molecule has 0 amide bonds. The van der Waals surface area contributed by atoms with Crippen molar-refractivity contribution < 1.29 is 9.84 Å². The molecular weight excluding hydrogens is 476 g/mol. The van der Waals surface area contributed by atoms with Gasteiger partial charge in [-0.1, -0.05) is 94.7 Å². The number of imidazole rings is 1. The molecule has 0 bridgehead atoms. The van der Waals surface area contributed by atoms with Crippen molar-refractivity contribution in [2.45, 2.75) is 88.9 Å². The van der Waals surface area contributed by atoms with Crippen LogP contribution >= 0.6 is 11.8 Å². The number of nitrogens with zero attached hydrogens (tertiary/aromatic N) is 3. The second-order valence-corrected chi connectivity index (χ2v) is 10.4. The van der Waals surface area contributed by atoms with Gasteiger partial charge in [0, 0.05) is 12.8 Å². The van der Waals surface area contributed by atoms with Gasteiger partial charge in [-0.25, -0.2) is 9.78 Å². The number of fused-ring (bicyclic) bond motifs is 1. The fourth-order valence-corrected chi connectivity index (χ4v) is 5.22. The van der Waals surface area contributed by atoms with Crippen LogP contribution in [0.3, 0.4) is 0 Å². The third-order valence-electron chi connectivity index (χ3n) is 6.28. The maximum Gasteiger partial charge on any atom is 0.329 e. The Balaban J connectivity index is 1.57. The third kappa shape index (κ3) is 8.27. The Morgan fingerprint density at radius 3 is 2.31 bits per heavy atom. The van der Waals surface area contributed by atoms with Gasteiger partial charge in [-0.15, -0.1) is 0 Å². The van der Waals surface area contributed by atoms with Gasteiger partial charge in [0.05, 0.1) is 6.54 Å². The lowest BCUT2D eigenvalue weighted by molar-refractivity contribution is 0.0914. The van der Waals surface area contributed by atoms with Crippen LogP contribution in [-0.4, -0.2) is 42.7 Å². The molecule has 0 aliphatic rings. The highest BCUT2D eigenvalue weighted by Gasteiger charge is 2.20. The molecule has 0 spiro atoms. The van der Waals surface area contributed by atoms with Crippen LogP contribution in [0.1, 0.15) is 71.1 Å². The number of aromatic nitrogens is 4. The smallest absolute Gasteiger partial charge is 0.329 e. The van der Waals surface area contributed by atoms with Gasteiger partial charge in [0.25, 0.3) is 5.56 Å². The summed E-state index contributed by atoms with van der Waals surface area (Å²) in [6.45, 7) is 2.47. The molecule has 0 aliphatic heterocycles. The first-order valence-electron chi connectivity index (χ1n) is 13.2. The van der Waals surface area contributed by atoms with E-state index < -0.39 is 17.4 Å². The number of aliphatic hydroxyl groups is 1. The highest BCUT2D eigenvalue weighted by Crippen LogP contribution is 2.24. The largest absolute Gasteiger partial charge is 0.491 e. The van der Waals surface area contributed by atoms with Crippen LogP contribution in [0.5, 0.6) is 5.75 Å². The average molecular weight is 517 g/mol. The van der Waals surface area contributed by atoms with Crippen LogP contribution in [0.15, 0.2) is 45.1 Å². The number of rotatable bonds is 17. The number of nitrogens with one attached hydrogen (secondary N) is 1. The highest BCUT2D eigenvalue weighted by molar-refractivity contribution is 7.99. The number of aromatic amines is 1. The van der Waals surface area contributed by atoms with Crippen LogP contribution in [0.25, 0.3) is 11.2 Å². The van der Waals surface area contributed by atoms with Gasteiger partial charge in [-0.05, 0) is 18.6 Å². The lowest BCUT2D eigenvalue weighted by atomic mass is 10.1. The summed E-state index contributed by atoms with van der Waals surface area (Å²) in [5, 5.41) is 11.3. The zero-order valence-corrected chi connectivity index (χ0v) is 22.4. The van der Waals surface area contributed by atoms with E-state index in [0.717, 1.165) is 18.6 Å². The molecule has 198 valence electrons. The number of H-pyrrole nitrogens is 1. The van der Waals surface area contributed by atoms with Crippen molar-refractivity contribution >= 4 is 22.9 Å². The van der Waals surface area contributed by atoms with Gasteiger partial charge in [-0.2, -0.15) is 0 Å². The van der Waals surface area contributed by atoms with Crippen LogP contribution < -0.4 is 16.0 Å². The summed E-state index contributed by atoms with van der Waals surface area (Å²) < 4.78 is 8.74. The second kappa shape index (κ2) is 14.9. The predicted molar refractivity (Wildman–Crippen MR) is 146 cm³/mol. The van der Waals surface area contributed by atoms with E-state index in [9.17, 15) is 14.7 Å². The number of aryl methyl sites for hydroxylation is 1. The van der Waals surface area contributed by atoms with Crippen molar-refractivity contribution in [3.05, 3.63) is 51.2 Å². The minimum atomic E-state index is -0.851. The van der Waals surface area contributed by atoms with E-state index in [0.29, 0.717) is 22.1 Å². The topological polar surface area (TPSA) is 102 Å². The van der Waals surface area contributed by atoms with Gasteiger partial charge < -0.3 is 14.4 Å². The van der Waals surface area contributed by atoms with E-state index in [1.54, 1.807) is 23.4 Å².